The van der Waals surface area contributed by atoms with Crippen molar-refractivity contribution >= 4 is 39.3 Å². The summed E-state index contributed by atoms with van der Waals surface area (Å²) in [6.07, 6.45) is 0. The molecule has 1 N–H and O–H groups in total. The molecule has 2 aromatic carbocycles. The number of carbonyl (C=O) groups excluding carboxylic acids is 1. The lowest BCUT2D eigenvalue weighted by Crippen LogP contribution is -2.14. The molecule has 2 rings (SSSR count). The van der Waals surface area contributed by atoms with Crippen molar-refractivity contribution in [3.8, 4) is 5.75 Å². The van der Waals surface area contributed by atoms with Gasteiger partial charge >= 0.3 is 0 Å². The molecule has 0 bridgehead atoms. The molecule has 0 spiro atoms. The Kier molecular flexibility index (Phi) is 5.70. The van der Waals surface area contributed by atoms with Crippen molar-refractivity contribution in [3.63, 3.8) is 0 Å². The van der Waals surface area contributed by atoms with Gasteiger partial charge < -0.3 is 10.1 Å². The van der Waals surface area contributed by atoms with E-state index in [0.717, 1.165) is 26.4 Å². The second kappa shape index (κ2) is 7.52. The number of anilines is 1. The van der Waals surface area contributed by atoms with Gasteiger partial charge in [0.15, 0.2) is 0 Å². The third kappa shape index (κ3) is 4.79. The first-order chi connectivity index (χ1) is 10.1. The summed E-state index contributed by atoms with van der Waals surface area (Å²) >= 11 is 4.94. The van der Waals surface area contributed by atoms with Crippen LogP contribution < -0.4 is 10.1 Å². The lowest BCUT2D eigenvalue weighted by molar-refractivity contribution is -0.113. The van der Waals surface area contributed by atoms with Gasteiger partial charge in [-0.2, -0.15) is 0 Å². The maximum Gasteiger partial charge on any atom is 0.234 e. The summed E-state index contributed by atoms with van der Waals surface area (Å²) in [4.78, 5) is 13.0. The van der Waals surface area contributed by atoms with Crippen LogP contribution >= 0.6 is 27.7 Å². The Morgan fingerprint density at radius 1 is 1.24 bits per heavy atom. The fourth-order valence-electron chi connectivity index (χ4n) is 1.74. The largest absolute Gasteiger partial charge is 0.497 e. The van der Waals surface area contributed by atoms with Crippen molar-refractivity contribution < 1.29 is 9.53 Å². The van der Waals surface area contributed by atoms with E-state index in [4.69, 9.17) is 4.74 Å². The smallest absolute Gasteiger partial charge is 0.234 e. The minimum Gasteiger partial charge on any atom is -0.497 e. The number of rotatable bonds is 5. The second-order valence-corrected chi connectivity index (χ2v) is 6.38. The molecule has 0 unspecified atom stereocenters. The highest BCUT2D eigenvalue weighted by molar-refractivity contribution is 9.10. The van der Waals surface area contributed by atoms with Crippen molar-refractivity contribution in [2.45, 2.75) is 11.8 Å². The second-order valence-electron chi connectivity index (χ2n) is 4.48. The lowest BCUT2D eigenvalue weighted by Gasteiger charge is -2.07. The zero-order valence-electron chi connectivity index (χ0n) is 11.9. The molecule has 21 heavy (non-hydrogen) atoms. The Balaban J connectivity index is 1.87. The molecule has 5 heteroatoms. The summed E-state index contributed by atoms with van der Waals surface area (Å²) in [7, 11) is 1.63. The van der Waals surface area contributed by atoms with Crippen molar-refractivity contribution in [1.29, 1.82) is 0 Å². The highest BCUT2D eigenvalue weighted by Crippen LogP contribution is 2.23. The maximum atomic E-state index is 11.9. The van der Waals surface area contributed by atoms with Gasteiger partial charge in [0.2, 0.25) is 5.91 Å². The summed E-state index contributed by atoms with van der Waals surface area (Å²) in [6, 6.07) is 13.4. The molecule has 0 radical (unpaired) electrons. The number of ether oxygens (including phenoxy) is 1. The monoisotopic (exact) mass is 365 g/mol. The first-order valence-electron chi connectivity index (χ1n) is 6.41. The number of nitrogens with one attached hydrogen (secondary N) is 1. The normalized spacial score (nSPS) is 10.2. The third-order valence-corrected chi connectivity index (χ3v) is 4.77. The predicted octanol–water partition coefficient (Wildman–Crippen LogP) is 4.50. The average molecular weight is 366 g/mol. The Bertz CT molecular complexity index is 629. The van der Waals surface area contributed by atoms with Gasteiger partial charge in [-0.3, -0.25) is 4.79 Å². The zero-order chi connectivity index (χ0) is 15.2. The van der Waals surface area contributed by atoms with Crippen molar-refractivity contribution in [2.75, 3.05) is 18.2 Å². The van der Waals surface area contributed by atoms with E-state index in [1.807, 2.05) is 49.4 Å². The highest BCUT2D eigenvalue weighted by Gasteiger charge is 2.05. The number of halogens is 1. The van der Waals surface area contributed by atoms with Gasteiger partial charge in [0.05, 0.1) is 12.9 Å². The van der Waals surface area contributed by atoms with E-state index >= 15 is 0 Å². The van der Waals surface area contributed by atoms with Crippen LogP contribution in [0.4, 0.5) is 5.69 Å². The molecule has 110 valence electrons. The number of hydrogen-bond acceptors (Lipinski definition) is 3. The van der Waals surface area contributed by atoms with Crippen molar-refractivity contribution in [3.05, 3.63) is 52.5 Å². The maximum absolute atomic E-state index is 11.9. The third-order valence-electron chi connectivity index (χ3n) is 2.87. The summed E-state index contributed by atoms with van der Waals surface area (Å²) in [5, 5.41) is 2.90. The topological polar surface area (TPSA) is 38.3 Å². The number of thioether (sulfide) groups is 1. The molecule has 3 nitrogen and oxygen atoms in total. The van der Waals surface area contributed by atoms with E-state index in [9.17, 15) is 4.79 Å². The van der Waals surface area contributed by atoms with Gasteiger partial charge in [0.1, 0.15) is 5.75 Å². The molecule has 0 saturated carbocycles. The Morgan fingerprint density at radius 2 is 1.95 bits per heavy atom. The summed E-state index contributed by atoms with van der Waals surface area (Å²) in [5.41, 5.74) is 1.91. The molecular formula is C16H16BrNO2S. The zero-order valence-corrected chi connectivity index (χ0v) is 14.3. The van der Waals surface area contributed by atoms with Gasteiger partial charge in [0, 0.05) is 15.1 Å². The number of aryl methyl sites for hydroxylation is 1. The van der Waals surface area contributed by atoms with Gasteiger partial charge in [-0.15, -0.1) is 11.8 Å². The molecule has 0 aromatic heterocycles. The van der Waals surface area contributed by atoms with E-state index < -0.39 is 0 Å². The molecule has 0 aliphatic rings. The van der Waals surface area contributed by atoms with Gasteiger partial charge in [-0.05, 0) is 55.0 Å². The fourth-order valence-corrected chi connectivity index (χ4v) is 2.69. The predicted molar refractivity (Wildman–Crippen MR) is 91.2 cm³/mol. The number of benzene rings is 2. The van der Waals surface area contributed by atoms with E-state index in [1.165, 1.54) is 11.8 Å². The van der Waals surface area contributed by atoms with Crippen LogP contribution in [0.5, 0.6) is 5.75 Å². The number of methoxy groups -OCH3 is 1. The van der Waals surface area contributed by atoms with Crippen LogP contribution in [0.1, 0.15) is 5.56 Å². The Hall–Kier alpha value is -1.46. The van der Waals surface area contributed by atoms with E-state index in [0.29, 0.717) is 5.75 Å². The van der Waals surface area contributed by atoms with Gasteiger partial charge in [0.25, 0.3) is 0 Å². The number of carbonyl (C=O) groups is 1. The molecule has 2 aromatic rings. The lowest BCUT2D eigenvalue weighted by atomic mass is 10.2. The van der Waals surface area contributed by atoms with E-state index in [2.05, 4.69) is 21.2 Å². The van der Waals surface area contributed by atoms with Crippen LogP contribution in [0.2, 0.25) is 0 Å². The number of hydrogen-bond donors (Lipinski definition) is 1. The molecule has 0 fully saturated rings. The highest BCUT2D eigenvalue weighted by atomic mass is 79.9. The van der Waals surface area contributed by atoms with Crippen LogP contribution in [0, 0.1) is 6.92 Å². The Morgan fingerprint density at radius 3 is 2.57 bits per heavy atom. The van der Waals surface area contributed by atoms with Gasteiger partial charge in [-0.1, -0.05) is 15.9 Å². The van der Waals surface area contributed by atoms with Crippen LogP contribution in [0.15, 0.2) is 51.8 Å². The van der Waals surface area contributed by atoms with E-state index in [1.54, 1.807) is 7.11 Å². The molecule has 1 amide bonds. The first kappa shape index (κ1) is 15.9. The van der Waals surface area contributed by atoms with Crippen LogP contribution in [0.25, 0.3) is 0 Å². The first-order valence-corrected chi connectivity index (χ1v) is 8.19. The Labute approximate surface area is 137 Å². The van der Waals surface area contributed by atoms with Crippen LogP contribution in [-0.4, -0.2) is 18.8 Å². The summed E-state index contributed by atoms with van der Waals surface area (Å²) in [6.45, 7) is 1.99. The van der Waals surface area contributed by atoms with E-state index in [-0.39, 0.29) is 5.91 Å². The molecular weight excluding hydrogens is 350 g/mol. The standard InChI is InChI=1S/C16H16BrNO2S/c1-11-9-12(3-8-15(11)17)18-16(19)10-21-14-6-4-13(20-2)5-7-14/h3-9H,10H2,1-2H3,(H,18,19). The molecule has 0 aliphatic heterocycles. The van der Waals surface area contributed by atoms with Gasteiger partial charge in [-0.25, -0.2) is 0 Å². The summed E-state index contributed by atoms with van der Waals surface area (Å²) < 4.78 is 6.14. The van der Waals surface area contributed by atoms with Crippen LogP contribution in [-0.2, 0) is 4.79 Å². The van der Waals surface area contributed by atoms with Crippen LogP contribution in [0.3, 0.4) is 0 Å². The molecule has 0 aliphatic carbocycles. The quantitative estimate of drug-likeness (QED) is 0.792. The van der Waals surface area contributed by atoms with Crippen molar-refractivity contribution in [1.82, 2.24) is 0 Å². The molecule has 0 heterocycles. The molecule has 0 saturated heterocycles. The minimum absolute atomic E-state index is 0.0162. The summed E-state index contributed by atoms with van der Waals surface area (Å²) in [5.74, 6) is 1.17. The van der Waals surface area contributed by atoms with Crippen molar-refractivity contribution in [2.24, 2.45) is 0 Å². The fraction of sp³-hybridized carbons (Fsp3) is 0.188. The minimum atomic E-state index is -0.0162. The SMILES string of the molecule is COc1ccc(SCC(=O)Nc2ccc(Br)c(C)c2)cc1. The molecule has 0 atom stereocenters. The average Bonchev–Trinajstić information content (AvgIpc) is 2.49. The number of amides is 1.